The summed E-state index contributed by atoms with van der Waals surface area (Å²) >= 11 is 0. The molecule has 1 aromatic carbocycles. The van der Waals surface area contributed by atoms with E-state index in [1.165, 1.54) is 6.07 Å². The van der Waals surface area contributed by atoms with Gasteiger partial charge in [0.2, 0.25) is 15.9 Å². The number of hydrogen-bond donors (Lipinski definition) is 1. The Kier molecular flexibility index (Phi) is 2.77. The van der Waals surface area contributed by atoms with E-state index in [-0.39, 0.29) is 28.9 Å². The summed E-state index contributed by atoms with van der Waals surface area (Å²) < 4.78 is 33.3. The average Bonchev–Trinajstić information content (AvgIpc) is 3.23. The predicted molar refractivity (Wildman–Crippen MR) is 74.3 cm³/mol. The number of carbonyl (C=O) groups excluding carboxylic acids is 1. The van der Waals surface area contributed by atoms with Crippen LogP contribution in [0.5, 0.6) is 5.75 Å². The molecule has 2 heterocycles. The van der Waals surface area contributed by atoms with E-state index in [1.807, 2.05) is 0 Å². The number of benzene rings is 1. The number of rotatable bonds is 1. The number of para-hydroxylation sites is 1. The molecular weight excluding hydrogens is 292 g/mol. The molecule has 1 saturated heterocycles. The van der Waals surface area contributed by atoms with Crippen LogP contribution in [0.1, 0.15) is 12.8 Å². The third kappa shape index (κ3) is 2.20. The van der Waals surface area contributed by atoms with Crippen LogP contribution < -0.4 is 9.46 Å². The highest BCUT2D eigenvalue weighted by Gasteiger charge is 2.45. The van der Waals surface area contributed by atoms with Gasteiger partial charge in [-0.1, -0.05) is 12.1 Å². The molecule has 7 heteroatoms. The van der Waals surface area contributed by atoms with Gasteiger partial charge in [-0.25, -0.2) is 13.1 Å². The highest BCUT2D eigenvalue weighted by molar-refractivity contribution is 7.89. The van der Waals surface area contributed by atoms with Gasteiger partial charge in [-0.15, -0.1) is 0 Å². The monoisotopic (exact) mass is 308 g/mol. The summed E-state index contributed by atoms with van der Waals surface area (Å²) in [7, 11) is -3.60. The van der Waals surface area contributed by atoms with Gasteiger partial charge in [-0.05, 0) is 25.0 Å². The molecule has 2 aliphatic heterocycles. The quantitative estimate of drug-likeness (QED) is 0.812. The largest absolute Gasteiger partial charge is 0.485 e. The Morgan fingerprint density at radius 1 is 1.24 bits per heavy atom. The van der Waals surface area contributed by atoms with Crippen LogP contribution in [0.4, 0.5) is 0 Å². The maximum Gasteiger partial charge on any atom is 0.244 e. The Hall–Kier alpha value is -1.60. The van der Waals surface area contributed by atoms with E-state index in [0.717, 1.165) is 12.8 Å². The SMILES string of the molecule is O=C(C1CC1)N1C[C@@H]2Oc3ccccc3S(=O)(=O)N[C@@H]2C1. The molecule has 2 atom stereocenters. The summed E-state index contributed by atoms with van der Waals surface area (Å²) in [4.78, 5) is 14.0. The van der Waals surface area contributed by atoms with E-state index in [2.05, 4.69) is 4.72 Å². The van der Waals surface area contributed by atoms with Crippen LogP contribution in [0.25, 0.3) is 0 Å². The Bertz CT molecular complexity index is 699. The van der Waals surface area contributed by atoms with Crippen LogP contribution >= 0.6 is 0 Å². The smallest absolute Gasteiger partial charge is 0.244 e. The van der Waals surface area contributed by atoms with Gasteiger partial charge in [0.1, 0.15) is 16.7 Å². The predicted octanol–water partition coefficient (Wildman–Crippen LogP) is 0.347. The first-order chi connectivity index (χ1) is 10.0. The summed E-state index contributed by atoms with van der Waals surface area (Å²) in [5.74, 6) is 0.619. The normalized spacial score (nSPS) is 30.0. The standard InChI is InChI=1S/C14H16N2O4S/c17-14(9-5-6-9)16-7-10-12(8-16)20-11-3-1-2-4-13(11)21(18,19)15-10/h1-4,9-10,12,15H,5-8H2/t10-,12+/m1/s1. The lowest BCUT2D eigenvalue weighted by Crippen LogP contribution is -2.42. The number of hydrogen-bond acceptors (Lipinski definition) is 4. The van der Waals surface area contributed by atoms with Crippen molar-refractivity contribution >= 4 is 15.9 Å². The molecule has 0 unspecified atom stereocenters. The van der Waals surface area contributed by atoms with Gasteiger partial charge in [-0.2, -0.15) is 0 Å². The molecule has 4 rings (SSSR count). The molecule has 1 N–H and O–H groups in total. The van der Waals surface area contributed by atoms with Crippen LogP contribution in [0.3, 0.4) is 0 Å². The van der Waals surface area contributed by atoms with Crippen molar-refractivity contribution in [2.75, 3.05) is 13.1 Å². The average molecular weight is 308 g/mol. The van der Waals surface area contributed by atoms with Crippen molar-refractivity contribution in [1.82, 2.24) is 9.62 Å². The van der Waals surface area contributed by atoms with Gasteiger partial charge in [0.25, 0.3) is 0 Å². The highest BCUT2D eigenvalue weighted by Crippen LogP contribution is 2.34. The Morgan fingerprint density at radius 2 is 2.00 bits per heavy atom. The molecule has 21 heavy (non-hydrogen) atoms. The first kappa shape index (κ1) is 13.1. The summed E-state index contributed by atoms with van der Waals surface area (Å²) in [5, 5.41) is 0. The summed E-state index contributed by atoms with van der Waals surface area (Å²) in [5.41, 5.74) is 0. The zero-order valence-corrected chi connectivity index (χ0v) is 12.2. The van der Waals surface area contributed by atoms with Crippen molar-refractivity contribution in [3.05, 3.63) is 24.3 Å². The minimum absolute atomic E-state index is 0.124. The van der Waals surface area contributed by atoms with Gasteiger partial charge >= 0.3 is 0 Å². The molecule has 1 aromatic rings. The van der Waals surface area contributed by atoms with Crippen LogP contribution in [-0.4, -0.2) is 44.5 Å². The second kappa shape index (κ2) is 4.45. The fourth-order valence-electron chi connectivity index (χ4n) is 2.97. The van der Waals surface area contributed by atoms with E-state index in [9.17, 15) is 13.2 Å². The molecule has 2 fully saturated rings. The van der Waals surface area contributed by atoms with E-state index in [1.54, 1.807) is 23.1 Å². The third-order valence-corrected chi connectivity index (χ3v) is 5.76. The van der Waals surface area contributed by atoms with Crippen molar-refractivity contribution < 1.29 is 17.9 Å². The molecule has 1 amide bonds. The van der Waals surface area contributed by atoms with Crippen molar-refractivity contribution in [3.8, 4) is 5.75 Å². The lowest BCUT2D eigenvalue weighted by molar-refractivity contribution is -0.131. The van der Waals surface area contributed by atoms with Gasteiger partial charge in [0.05, 0.1) is 12.6 Å². The molecule has 112 valence electrons. The molecular formula is C14H16N2O4S. The van der Waals surface area contributed by atoms with Crippen molar-refractivity contribution in [1.29, 1.82) is 0 Å². The lowest BCUT2D eigenvalue weighted by atomic mass is 10.2. The maximum absolute atomic E-state index is 12.4. The van der Waals surface area contributed by atoms with Crippen molar-refractivity contribution in [2.24, 2.45) is 5.92 Å². The second-order valence-electron chi connectivity index (χ2n) is 5.85. The van der Waals surface area contributed by atoms with E-state index in [0.29, 0.717) is 18.8 Å². The molecule has 3 aliphatic rings. The number of ether oxygens (including phenoxy) is 1. The fourth-order valence-corrected chi connectivity index (χ4v) is 4.36. The van der Waals surface area contributed by atoms with Crippen LogP contribution in [0.2, 0.25) is 0 Å². The van der Waals surface area contributed by atoms with Crippen LogP contribution in [-0.2, 0) is 14.8 Å². The fraction of sp³-hybridized carbons (Fsp3) is 0.500. The summed E-state index contributed by atoms with van der Waals surface area (Å²) in [6.45, 7) is 0.823. The maximum atomic E-state index is 12.4. The molecule has 0 bridgehead atoms. The zero-order valence-electron chi connectivity index (χ0n) is 11.4. The van der Waals surface area contributed by atoms with Crippen molar-refractivity contribution in [3.63, 3.8) is 0 Å². The molecule has 1 aliphatic carbocycles. The van der Waals surface area contributed by atoms with Gasteiger partial charge in [0.15, 0.2) is 0 Å². The Morgan fingerprint density at radius 3 is 2.76 bits per heavy atom. The third-order valence-electron chi connectivity index (χ3n) is 4.23. The lowest BCUT2D eigenvalue weighted by Gasteiger charge is -2.17. The number of nitrogens with zero attached hydrogens (tertiary/aromatic N) is 1. The first-order valence-electron chi connectivity index (χ1n) is 7.11. The molecule has 0 aromatic heterocycles. The van der Waals surface area contributed by atoms with Gasteiger partial charge in [-0.3, -0.25) is 4.79 Å². The molecule has 0 radical (unpaired) electrons. The van der Waals surface area contributed by atoms with Crippen LogP contribution in [0, 0.1) is 5.92 Å². The van der Waals surface area contributed by atoms with E-state index >= 15 is 0 Å². The van der Waals surface area contributed by atoms with E-state index in [4.69, 9.17) is 4.74 Å². The van der Waals surface area contributed by atoms with E-state index < -0.39 is 10.0 Å². The van der Waals surface area contributed by atoms with Crippen molar-refractivity contribution in [2.45, 2.75) is 29.9 Å². The second-order valence-corrected chi connectivity index (χ2v) is 7.53. The number of amides is 1. The number of fused-ring (bicyclic) bond motifs is 2. The minimum Gasteiger partial charge on any atom is -0.485 e. The number of carbonyl (C=O) groups is 1. The number of likely N-dealkylation sites (tertiary alicyclic amines) is 1. The summed E-state index contributed by atoms with van der Waals surface area (Å²) in [6.07, 6.45) is 1.56. The van der Waals surface area contributed by atoms with Crippen LogP contribution in [0.15, 0.2) is 29.2 Å². The Labute approximate surface area is 123 Å². The topological polar surface area (TPSA) is 75.7 Å². The molecule has 0 spiro atoms. The summed E-state index contributed by atoms with van der Waals surface area (Å²) in [6, 6.07) is 6.22. The van der Waals surface area contributed by atoms with Gasteiger partial charge < -0.3 is 9.64 Å². The number of sulfonamides is 1. The zero-order chi connectivity index (χ0) is 14.6. The molecule has 6 nitrogen and oxygen atoms in total. The Balaban J connectivity index is 1.64. The highest BCUT2D eigenvalue weighted by atomic mass is 32.2. The molecule has 1 saturated carbocycles. The van der Waals surface area contributed by atoms with Gasteiger partial charge in [0, 0.05) is 12.5 Å². The number of nitrogens with one attached hydrogen (secondary N) is 1. The first-order valence-corrected chi connectivity index (χ1v) is 8.60. The minimum atomic E-state index is -3.60.